The van der Waals surface area contributed by atoms with E-state index in [-0.39, 0.29) is 11.5 Å². The van der Waals surface area contributed by atoms with Crippen LogP contribution in [0.15, 0.2) is 51.8 Å². The molecular formula is C14H9BrF2O2S. The van der Waals surface area contributed by atoms with E-state index in [0.717, 1.165) is 11.8 Å². The van der Waals surface area contributed by atoms with E-state index in [2.05, 4.69) is 15.9 Å². The zero-order valence-electron chi connectivity index (χ0n) is 10.1. The summed E-state index contributed by atoms with van der Waals surface area (Å²) in [5.74, 6) is -1.92. The van der Waals surface area contributed by atoms with Gasteiger partial charge < -0.3 is 4.74 Å². The fraction of sp³-hybridized carbons (Fsp3) is 0.0714. The van der Waals surface area contributed by atoms with Gasteiger partial charge in [0.2, 0.25) is 0 Å². The molecule has 0 radical (unpaired) electrons. The molecule has 0 aliphatic rings. The van der Waals surface area contributed by atoms with Gasteiger partial charge in [0.1, 0.15) is 5.82 Å². The maximum absolute atomic E-state index is 13.5. The standard InChI is InChI=1S/C14H9BrF2O2S/c15-9-5-6-12(11(17)7-9)19-14(18)8-20-13-4-2-1-3-10(13)16/h1-7H,8H2. The molecule has 0 saturated heterocycles. The number of carbonyl (C=O) groups excluding carboxylic acids is 1. The fourth-order valence-electron chi connectivity index (χ4n) is 1.41. The summed E-state index contributed by atoms with van der Waals surface area (Å²) in [6, 6.07) is 10.2. The molecule has 2 aromatic carbocycles. The molecule has 0 amide bonds. The molecule has 0 aromatic heterocycles. The van der Waals surface area contributed by atoms with Crippen molar-refractivity contribution >= 4 is 33.7 Å². The van der Waals surface area contributed by atoms with Crippen molar-refractivity contribution in [2.75, 3.05) is 5.75 Å². The lowest BCUT2D eigenvalue weighted by atomic mass is 10.3. The Morgan fingerprint density at radius 2 is 1.90 bits per heavy atom. The average Bonchev–Trinajstić information content (AvgIpc) is 2.41. The zero-order chi connectivity index (χ0) is 14.5. The van der Waals surface area contributed by atoms with Crippen LogP contribution in [0.5, 0.6) is 5.75 Å². The van der Waals surface area contributed by atoms with Crippen molar-refractivity contribution < 1.29 is 18.3 Å². The number of halogens is 3. The molecule has 0 bridgehead atoms. The van der Waals surface area contributed by atoms with Crippen molar-refractivity contribution in [2.24, 2.45) is 0 Å². The second kappa shape index (κ2) is 6.85. The van der Waals surface area contributed by atoms with Gasteiger partial charge in [0.05, 0.1) is 5.75 Å². The lowest BCUT2D eigenvalue weighted by Crippen LogP contribution is -2.11. The van der Waals surface area contributed by atoms with Gasteiger partial charge in [-0.3, -0.25) is 4.79 Å². The molecule has 2 nitrogen and oxygen atoms in total. The van der Waals surface area contributed by atoms with E-state index in [9.17, 15) is 13.6 Å². The highest BCUT2D eigenvalue weighted by Crippen LogP contribution is 2.24. The van der Waals surface area contributed by atoms with Crippen LogP contribution in [0.25, 0.3) is 0 Å². The molecule has 20 heavy (non-hydrogen) atoms. The van der Waals surface area contributed by atoms with Crippen LogP contribution in [0.4, 0.5) is 8.78 Å². The number of carbonyl (C=O) groups is 1. The van der Waals surface area contributed by atoms with Gasteiger partial charge in [-0.05, 0) is 30.3 Å². The molecule has 0 spiro atoms. The average molecular weight is 359 g/mol. The van der Waals surface area contributed by atoms with Crippen molar-refractivity contribution in [3.05, 3.63) is 58.6 Å². The van der Waals surface area contributed by atoms with Gasteiger partial charge in [-0.2, -0.15) is 0 Å². The van der Waals surface area contributed by atoms with Crippen molar-refractivity contribution in [2.45, 2.75) is 4.90 Å². The quantitative estimate of drug-likeness (QED) is 0.459. The summed E-state index contributed by atoms with van der Waals surface area (Å²) < 4.78 is 32.2. The van der Waals surface area contributed by atoms with Crippen molar-refractivity contribution in [1.82, 2.24) is 0 Å². The third-order valence-electron chi connectivity index (χ3n) is 2.30. The molecule has 104 valence electrons. The Hall–Kier alpha value is -1.40. The minimum atomic E-state index is -0.639. The smallest absolute Gasteiger partial charge is 0.321 e. The number of ether oxygens (including phenoxy) is 1. The summed E-state index contributed by atoms with van der Waals surface area (Å²) in [7, 11) is 0. The van der Waals surface area contributed by atoms with E-state index < -0.39 is 17.6 Å². The van der Waals surface area contributed by atoms with Crippen molar-refractivity contribution in [3.63, 3.8) is 0 Å². The number of hydrogen-bond donors (Lipinski definition) is 0. The van der Waals surface area contributed by atoms with Crippen LogP contribution in [-0.2, 0) is 4.79 Å². The number of esters is 1. The summed E-state index contributed by atoms with van der Waals surface area (Å²) in [4.78, 5) is 11.9. The highest BCUT2D eigenvalue weighted by atomic mass is 79.9. The molecule has 0 heterocycles. The van der Waals surface area contributed by atoms with Crippen LogP contribution in [0.1, 0.15) is 0 Å². The lowest BCUT2D eigenvalue weighted by molar-refractivity contribution is -0.131. The van der Waals surface area contributed by atoms with Gasteiger partial charge >= 0.3 is 5.97 Å². The first-order chi connectivity index (χ1) is 9.56. The molecule has 0 unspecified atom stereocenters. The number of hydrogen-bond acceptors (Lipinski definition) is 3. The van der Waals surface area contributed by atoms with E-state index in [1.165, 1.54) is 18.2 Å². The first-order valence-electron chi connectivity index (χ1n) is 5.59. The molecule has 0 N–H and O–H groups in total. The van der Waals surface area contributed by atoms with Gasteiger partial charge in [0.25, 0.3) is 0 Å². The van der Waals surface area contributed by atoms with Crippen LogP contribution in [-0.4, -0.2) is 11.7 Å². The van der Waals surface area contributed by atoms with E-state index in [0.29, 0.717) is 9.37 Å². The first-order valence-corrected chi connectivity index (χ1v) is 7.37. The first kappa shape index (κ1) is 15.0. The highest BCUT2D eigenvalue weighted by molar-refractivity contribution is 9.10. The van der Waals surface area contributed by atoms with Crippen LogP contribution in [0.3, 0.4) is 0 Å². The van der Waals surface area contributed by atoms with E-state index in [1.807, 2.05) is 0 Å². The van der Waals surface area contributed by atoms with Gasteiger partial charge in [0.15, 0.2) is 11.6 Å². The Kier molecular flexibility index (Phi) is 5.14. The zero-order valence-corrected chi connectivity index (χ0v) is 12.5. The number of rotatable bonds is 4. The van der Waals surface area contributed by atoms with Gasteiger partial charge in [-0.25, -0.2) is 8.78 Å². The molecule has 0 fully saturated rings. The summed E-state index contributed by atoms with van der Waals surface area (Å²) in [6.45, 7) is 0. The summed E-state index contributed by atoms with van der Waals surface area (Å²) in [5.41, 5.74) is 0. The Bertz CT molecular complexity index is 634. The van der Waals surface area contributed by atoms with Crippen molar-refractivity contribution in [3.8, 4) is 5.75 Å². The van der Waals surface area contributed by atoms with Crippen LogP contribution in [0, 0.1) is 11.6 Å². The van der Waals surface area contributed by atoms with Gasteiger partial charge in [0, 0.05) is 9.37 Å². The molecule has 0 aliphatic heterocycles. The summed E-state index contributed by atoms with van der Waals surface area (Å²) in [5, 5.41) is 0. The molecular weight excluding hydrogens is 350 g/mol. The SMILES string of the molecule is O=C(CSc1ccccc1F)Oc1ccc(Br)cc1F. The Morgan fingerprint density at radius 1 is 1.15 bits per heavy atom. The summed E-state index contributed by atoms with van der Waals surface area (Å²) >= 11 is 4.11. The third kappa shape index (κ3) is 4.05. The highest BCUT2D eigenvalue weighted by Gasteiger charge is 2.11. The predicted molar refractivity (Wildman–Crippen MR) is 76.9 cm³/mol. The molecule has 2 aromatic rings. The second-order valence-electron chi connectivity index (χ2n) is 3.77. The Morgan fingerprint density at radius 3 is 2.60 bits per heavy atom. The maximum atomic E-state index is 13.5. The normalized spacial score (nSPS) is 10.3. The Labute approximate surface area is 127 Å². The van der Waals surface area contributed by atoms with Crippen LogP contribution >= 0.6 is 27.7 Å². The van der Waals surface area contributed by atoms with E-state index in [1.54, 1.807) is 24.3 Å². The van der Waals surface area contributed by atoms with Crippen LogP contribution in [0.2, 0.25) is 0 Å². The third-order valence-corrected chi connectivity index (χ3v) is 3.82. The molecule has 2 rings (SSSR count). The predicted octanol–water partition coefficient (Wildman–Crippen LogP) is 4.43. The lowest BCUT2D eigenvalue weighted by Gasteiger charge is -2.06. The monoisotopic (exact) mass is 358 g/mol. The summed E-state index contributed by atoms with van der Waals surface area (Å²) in [6.07, 6.45) is 0. The van der Waals surface area contributed by atoms with Gasteiger partial charge in [-0.15, -0.1) is 11.8 Å². The largest absolute Gasteiger partial charge is 0.423 e. The molecule has 0 saturated carbocycles. The van der Waals surface area contributed by atoms with E-state index >= 15 is 0 Å². The minimum Gasteiger partial charge on any atom is -0.423 e. The fourth-order valence-corrected chi connectivity index (χ4v) is 2.45. The minimum absolute atomic E-state index is 0.101. The number of benzene rings is 2. The van der Waals surface area contributed by atoms with Crippen LogP contribution < -0.4 is 4.74 Å². The number of thioether (sulfide) groups is 1. The Balaban J connectivity index is 1.94. The molecule has 6 heteroatoms. The topological polar surface area (TPSA) is 26.3 Å². The molecule has 0 atom stereocenters. The van der Waals surface area contributed by atoms with E-state index in [4.69, 9.17) is 4.74 Å². The maximum Gasteiger partial charge on any atom is 0.321 e. The van der Waals surface area contributed by atoms with Gasteiger partial charge in [-0.1, -0.05) is 28.1 Å². The van der Waals surface area contributed by atoms with Crippen molar-refractivity contribution in [1.29, 1.82) is 0 Å². The second-order valence-corrected chi connectivity index (χ2v) is 5.70. The molecule has 0 aliphatic carbocycles.